The molecule has 0 aromatic heterocycles. The van der Waals surface area contributed by atoms with Crippen LogP contribution in [-0.4, -0.2) is 19.0 Å². The van der Waals surface area contributed by atoms with Crippen LogP contribution in [0.15, 0.2) is 42.5 Å². The summed E-state index contributed by atoms with van der Waals surface area (Å²) in [6.45, 7) is 0. The summed E-state index contributed by atoms with van der Waals surface area (Å²) in [5.41, 5.74) is 0.568. The Balaban J connectivity index is 1.64. The Morgan fingerprint density at radius 2 is 1.84 bits per heavy atom. The molecule has 25 heavy (non-hydrogen) atoms. The zero-order valence-corrected chi connectivity index (χ0v) is 14.6. The second-order valence-corrected chi connectivity index (χ2v) is 7.57. The van der Waals surface area contributed by atoms with E-state index in [0.29, 0.717) is 5.92 Å². The van der Waals surface area contributed by atoms with Crippen molar-refractivity contribution in [3.05, 3.63) is 48.0 Å². The van der Waals surface area contributed by atoms with E-state index in [4.69, 9.17) is 19.2 Å². The molecular formula is C21H24O4. The highest BCUT2D eigenvalue weighted by Crippen LogP contribution is 2.55. The number of ether oxygens (including phenoxy) is 2. The third-order valence-corrected chi connectivity index (χ3v) is 6.32. The van der Waals surface area contributed by atoms with E-state index in [-0.39, 0.29) is 0 Å². The largest absolute Gasteiger partial charge is 0.353 e. The Hall–Kier alpha value is -1.46. The molecule has 3 saturated heterocycles. The van der Waals surface area contributed by atoms with Crippen molar-refractivity contribution in [2.45, 2.75) is 56.2 Å². The SMILES string of the molecule is CO[C@H]1O[C@]2(c3cccc4ccccc34)CC[C@H]3CCCCC31OO2. The van der Waals surface area contributed by atoms with Gasteiger partial charge in [0.1, 0.15) is 0 Å². The first kappa shape index (κ1) is 15.8. The van der Waals surface area contributed by atoms with Crippen LogP contribution in [0.1, 0.15) is 44.1 Å². The van der Waals surface area contributed by atoms with Gasteiger partial charge < -0.3 is 9.47 Å². The van der Waals surface area contributed by atoms with Crippen molar-refractivity contribution in [3.8, 4) is 0 Å². The summed E-state index contributed by atoms with van der Waals surface area (Å²) in [6.07, 6.45) is 5.88. The van der Waals surface area contributed by atoms with Gasteiger partial charge in [-0.05, 0) is 36.0 Å². The van der Waals surface area contributed by atoms with Gasteiger partial charge in [-0.3, -0.25) is 0 Å². The molecule has 0 N–H and O–H groups in total. The van der Waals surface area contributed by atoms with Crippen LogP contribution >= 0.6 is 0 Å². The van der Waals surface area contributed by atoms with E-state index in [1.165, 1.54) is 11.8 Å². The summed E-state index contributed by atoms with van der Waals surface area (Å²) in [6, 6.07) is 14.6. The average molecular weight is 340 g/mol. The van der Waals surface area contributed by atoms with E-state index in [9.17, 15) is 0 Å². The molecule has 2 aromatic rings. The molecule has 1 unspecified atom stereocenters. The highest BCUT2D eigenvalue weighted by atomic mass is 17.3. The molecule has 0 amide bonds. The van der Waals surface area contributed by atoms with Gasteiger partial charge in [0.25, 0.3) is 0 Å². The van der Waals surface area contributed by atoms with E-state index in [1.807, 2.05) is 0 Å². The minimum Gasteiger partial charge on any atom is -0.353 e. The van der Waals surface area contributed by atoms with Crippen molar-refractivity contribution in [2.75, 3.05) is 7.11 Å². The van der Waals surface area contributed by atoms with Gasteiger partial charge in [-0.25, -0.2) is 4.89 Å². The van der Waals surface area contributed by atoms with Gasteiger partial charge >= 0.3 is 0 Å². The number of methoxy groups -OCH3 is 1. The zero-order valence-electron chi connectivity index (χ0n) is 14.6. The van der Waals surface area contributed by atoms with Gasteiger partial charge in [-0.1, -0.05) is 55.3 Å². The Morgan fingerprint density at radius 1 is 0.960 bits per heavy atom. The molecule has 4 heteroatoms. The van der Waals surface area contributed by atoms with E-state index < -0.39 is 17.7 Å². The van der Waals surface area contributed by atoms with Crippen LogP contribution in [0.25, 0.3) is 10.8 Å². The van der Waals surface area contributed by atoms with E-state index in [1.54, 1.807) is 7.11 Å². The van der Waals surface area contributed by atoms with Crippen molar-refractivity contribution in [3.63, 3.8) is 0 Å². The molecule has 6 rings (SSSR count). The highest BCUT2D eigenvalue weighted by Gasteiger charge is 2.62. The highest BCUT2D eigenvalue weighted by molar-refractivity contribution is 5.86. The zero-order chi connectivity index (χ0) is 16.9. The maximum atomic E-state index is 6.53. The molecule has 2 bridgehead atoms. The molecule has 0 radical (unpaired) electrons. The predicted molar refractivity (Wildman–Crippen MR) is 93.6 cm³/mol. The van der Waals surface area contributed by atoms with Crippen molar-refractivity contribution < 1.29 is 19.2 Å². The summed E-state index contributed by atoms with van der Waals surface area (Å²) in [5, 5.41) is 2.32. The summed E-state index contributed by atoms with van der Waals surface area (Å²) >= 11 is 0. The Morgan fingerprint density at radius 3 is 2.76 bits per heavy atom. The molecule has 1 aliphatic carbocycles. The maximum absolute atomic E-state index is 6.53. The van der Waals surface area contributed by atoms with Gasteiger partial charge in [0.05, 0.1) is 0 Å². The van der Waals surface area contributed by atoms with Crippen LogP contribution in [0, 0.1) is 5.92 Å². The third-order valence-electron chi connectivity index (χ3n) is 6.32. The second-order valence-electron chi connectivity index (χ2n) is 7.57. The Labute approximate surface area is 147 Å². The van der Waals surface area contributed by atoms with E-state index >= 15 is 0 Å². The van der Waals surface area contributed by atoms with Crippen LogP contribution < -0.4 is 0 Å². The standard InChI is InChI=1S/C21H24O4/c1-22-19-20-13-5-4-9-16(20)12-14-21(23-19,25-24-20)18-11-6-8-15-7-2-3-10-17(15)18/h2-3,6-8,10-11,16,19H,4-5,9,12-14H2,1H3/t16-,19+,20?,21-/m1/s1. The molecule has 4 nitrogen and oxygen atoms in total. The summed E-state index contributed by atoms with van der Waals surface area (Å²) in [5.74, 6) is -0.477. The molecule has 132 valence electrons. The molecule has 4 aliphatic rings. The van der Waals surface area contributed by atoms with Gasteiger partial charge in [0.15, 0.2) is 11.9 Å². The molecule has 2 aromatic carbocycles. The quantitative estimate of drug-likeness (QED) is 0.745. The maximum Gasteiger partial charge on any atom is 0.230 e. The van der Waals surface area contributed by atoms with Crippen molar-refractivity contribution >= 4 is 10.8 Å². The third kappa shape index (κ3) is 2.21. The second kappa shape index (κ2) is 5.78. The van der Waals surface area contributed by atoms with Gasteiger partial charge in [-0.2, -0.15) is 4.89 Å². The summed E-state index contributed by atoms with van der Waals surface area (Å²) in [7, 11) is 1.71. The number of hydrogen-bond acceptors (Lipinski definition) is 4. The molecule has 3 aliphatic heterocycles. The monoisotopic (exact) mass is 340 g/mol. The molecule has 4 atom stereocenters. The lowest BCUT2D eigenvalue weighted by Gasteiger charge is -2.49. The van der Waals surface area contributed by atoms with Crippen LogP contribution in [0.2, 0.25) is 0 Å². The van der Waals surface area contributed by atoms with Crippen molar-refractivity contribution in [2.24, 2.45) is 5.92 Å². The number of rotatable bonds is 2. The van der Waals surface area contributed by atoms with Gasteiger partial charge in [0.2, 0.25) is 5.79 Å². The lowest BCUT2D eigenvalue weighted by atomic mass is 9.73. The molecule has 3 heterocycles. The van der Waals surface area contributed by atoms with Crippen molar-refractivity contribution in [1.29, 1.82) is 0 Å². The first-order valence-corrected chi connectivity index (χ1v) is 9.33. The van der Waals surface area contributed by atoms with Gasteiger partial charge in [-0.15, -0.1) is 0 Å². The van der Waals surface area contributed by atoms with E-state index in [2.05, 4.69) is 42.5 Å². The normalized spacial score (nSPS) is 37.6. The summed E-state index contributed by atoms with van der Waals surface area (Å²) < 4.78 is 12.3. The summed E-state index contributed by atoms with van der Waals surface area (Å²) in [4.78, 5) is 12.2. The minimum atomic E-state index is -0.899. The van der Waals surface area contributed by atoms with Crippen LogP contribution in [0.5, 0.6) is 0 Å². The Kier molecular flexibility index (Phi) is 3.64. The predicted octanol–water partition coefficient (Wildman–Crippen LogP) is 4.67. The Bertz CT molecular complexity index is 781. The topological polar surface area (TPSA) is 36.9 Å². The number of benzene rings is 2. The molecule has 1 saturated carbocycles. The smallest absolute Gasteiger partial charge is 0.230 e. The lowest BCUT2D eigenvalue weighted by molar-refractivity contribution is -0.558. The number of hydrogen-bond donors (Lipinski definition) is 0. The van der Waals surface area contributed by atoms with Crippen LogP contribution in [-0.2, 0) is 25.0 Å². The van der Waals surface area contributed by atoms with E-state index in [0.717, 1.165) is 43.1 Å². The minimum absolute atomic E-state index is 0.395. The fourth-order valence-corrected chi connectivity index (χ4v) is 5.04. The first-order chi connectivity index (χ1) is 12.3. The fraction of sp³-hybridized carbons (Fsp3) is 0.524. The van der Waals surface area contributed by atoms with Gasteiger partial charge in [0, 0.05) is 19.1 Å². The van der Waals surface area contributed by atoms with Crippen molar-refractivity contribution in [1.82, 2.24) is 0 Å². The molecule has 1 spiro atoms. The number of fused-ring (bicyclic) bond motifs is 4. The lowest BCUT2D eigenvalue weighted by Crippen LogP contribution is -2.59. The fourth-order valence-electron chi connectivity index (χ4n) is 5.04. The first-order valence-electron chi connectivity index (χ1n) is 9.33. The molecular weight excluding hydrogens is 316 g/mol. The molecule has 4 fully saturated rings. The van der Waals surface area contributed by atoms with Crippen LogP contribution in [0.4, 0.5) is 0 Å². The average Bonchev–Trinajstić information content (AvgIpc) is 2.93. The van der Waals surface area contributed by atoms with Crippen LogP contribution in [0.3, 0.4) is 0 Å².